The van der Waals surface area contributed by atoms with Gasteiger partial charge in [-0.3, -0.25) is 4.68 Å². The summed E-state index contributed by atoms with van der Waals surface area (Å²) in [6.45, 7) is 0.387. The molecule has 152 valence electrons. The first-order valence-electron chi connectivity index (χ1n) is 10.0. The lowest BCUT2D eigenvalue weighted by Gasteiger charge is -2.09. The molecule has 0 fully saturated rings. The van der Waals surface area contributed by atoms with E-state index in [9.17, 15) is 9.50 Å². The van der Waals surface area contributed by atoms with E-state index >= 15 is 0 Å². The van der Waals surface area contributed by atoms with Crippen molar-refractivity contribution in [3.05, 3.63) is 90.1 Å². The van der Waals surface area contributed by atoms with Gasteiger partial charge in [-0.05, 0) is 55.2 Å². The topological polar surface area (TPSA) is 63.8 Å². The Morgan fingerprint density at radius 1 is 0.867 bits per heavy atom. The quantitative estimate of drug-likeness (QED) is 0.477. The van der Waals surface area contributed by atoms with Crippen LogP contribution in [0.3, 0.4) is 0 Å². The number of hydrogen-bond donors (Lipinski definition) is 1. The predicted octanol–water partition coefficient (Wildman–Crippen LogP) is 4.31. The van der Waals surface area contributed by atoms with E-state index in [1.165, 1.54) is 17.7 Å². The van der Waals surface area contributed by atoms with E-state index in [1.54, 1.807) is 24.5 Å². The third-order valence-corrected chi connectivity index (χ3v) is 5.08. The van der Waals surface area contributed by atoms with E-state index in [0.29, 0.717) is 6.54 Å². The molecule has 2 aromatic carbocycles. The van der Waals surface area contributed by atoms with E-state index in [4.69, 9.17) is 5.10 Å². The first-order valence-corrected chi connectivity index (χ1v) is 10.0. The van der Waals surface area contributed by atoms with Crippen LogP contribution in [-0.4, -0.2) is 31.7 Å². The smallest absolute Gasteiger partial charge is 0.123 e. The zero-order valence-electron chi connectivity index (χ0n) is 16.6. The van der Waals surface area contributed by atoms with E-state index in [0.717, 1.165) is 47.3 Å². The minimum absolute atomic E-state index is 0.00966. The van der Waals surface area contributed by atoms with Crippen LogP contribution in [0.25, 0.3) is 22.4 Å². The second-order valence-electron chi connectivity index (χ2n) is 7.09. The minimum Gasteiger partial charge on any atom is -0.394 e. The predicted molar refractivity (Wildman–Crippen MR) is 114 cm³/mol. The highest BCUT2D eigenvalue weighted by atomic mass is 19.1. The molecule has 4 rings (SSSR count). The largest absolute Gasteiger partial charge is 0.394 e. The standard InChI is InChI=1S/C24H23FN4O/c25-21-11-9-19(10-12-21)24-23(20-13-14-26-27-17-20)22(29(28-24)15-16-30)8-4-7-18-5-2-1-3-6-18/h1-3,5-6,9-14,17,30H,4,7-8,15-16H2. The molecular weight excluding hydrogens is 379 g/mol. The summed E-state index contributed by atoms with van der Waals surface area (Å²) in [7, 11) is 0. The summed E-state index contributed by atoms with van der Waals surface area (Å²) >= 11 is 0. The molecule has 0 saturated heterocycles. The number of aryl methyl sites for hydroxylation is 1. The highest BCUT2D eigenvalue weighted by Crippen LogP contribution is 2.35. The lowest BCUT2D eigenvalue weighted by Crippen LogP contribution is -2.09. The summed E-state index contributed by atoms with van der Waals surface area (Å²) in [5, 5.41) is 22.3. The molecule has 0 unspecified atom stereocenters. The second kappa shape index (κ2) is 9.41. The van der Waals surface area contributed by atoms with Crippen molar-refractivity contribution in [1.29, 1.82) is 0 Å². The van der Waals surface area contributed by atoms with Gasteiger partial charge in [0, 0.05) is 22.4 Å². The van der Waals surface area contributed by atoms with Crippen LogP contribution in [0.1, 0.15) is 17.7 Å². The van der Waals surface area contributed by atoms with Crippen LogP contribution < -0.4 is 0 Å². The number of nitrogens with zero attached hydrogens (tertiary/aromatic N) is 4. The van der Waals surface area contributed by atoms with E-state index in [-0.39, 0.29) is 12.4 Å². The molecule has 0 radical (unpaired) electrons. The normalized spacial score (nSPS) is 11.0. The summed E-state index contributed by atoms with van der Waals surface area (Å²) < 4.78 is 15.3. The van der Waals surface area contributed by atoms with Crippen LogP contribution in [0.15, 0.2) is 73.1 Å². The van der Waals surface area contributed by atoms with Gasteiger partial charge < -0.3 is 5.11 Å². The number of aliphatic hydroxyl groups is 1. The molecule has 5 nitrogen and oxygen atoms in total. The van der Waals surface area contributed by atoms with Gasteiger partial charge in [-0.1, -0.05) is 30.3 Å². The molecule has 1 N–H and O–H groups in total. The fraction of sp³-hybridized carbons (Fsp3) is 0.208. The maximum Gasteiger partial charge on any atom is 0.123 e. The fourth-order valence-electron chi connectivity index (χ4n) is 3.69. The lowest BCUT2D eigenvalue weighted by atomic mass is 9.97. The monoisotopic (exact) mass is 402 g/mol. The van der Waals surface area contributed by atoms with Gasteiger partial charge in [0.1, 0.15) is 11.5 Å². The molecule has 4 aromatic rings. The Kier molecular flexibility index (Phi) is 6.25. The van der Waals surface area contributed by atoms with Crippen molar-refractivity contribution in [2.45, 2.75) is 25.8 Å². The van der Waals surface area contributed by atoms with Crippen LogP contribution in [0.2, 0.25) is 0 Å². The SMILES string of the molecule is OCCn1nc(-c2ccc(F)cc2)c(-c2ccnnc2)c1CCCc1ccccc1. The Morgan fingerprint density at radius 2 is 1.67 bits per heavy atom. The number of rotatable bonds is 8. The number of aromatic nitrogens is 4. The Labute approximate surface area is 174 Å². The Bertz CT molecular complexity index is 1080. The van der Waals surface area contributed by atoms with Crippen LogP contribution in [0.4, 0.5) is 4.39 Å². The third-order valence-electron chi connectivity index (χ3n) is 5.08. The number of aliphatic hydroxyl groups excluding tert-OH is 1. The first kappa shape index (κ1) is 19.9. The summed E-state index contributed by atoms with van der Waals surface area (Å²) in [4.78, 5) is 0. The minimum atomic E-state index is -0.288. The van der Waals surface area contributed by atoms with Crippen LogP contribution in [0, 0.1) is 5.82 Å². The molecule has 0 amide bonds. The molecule has 0 atom stereocenters. The molecule has 30 heavy (non-hydrogen) atoms. The number of benzene rings is 2. The molecule has 6 heteroatoms. The molecular formula is C24H23FN4O. The molecule has 0 spiro atoms. The molecule has 0 aliphatic carbocycles. The summed E-state index contributed by atoms with van der Waals surface area (Å²) in [6, 6.07) is 18.6. The molecule has 0 aliphatic rings. The van der Waals surface area contributed by atoms with Crippen molar-refractivity contribution in [3.63, 3.8) is 0 Å². The zero-order chi connectivity index (χ0) is 20.8. The third kappa shape index (κ3) is 4.44. The molecule has 0 saturated carbocycles. The molecule has 2 heterocycles. The highest BCUT2D eigenvalue weighted by Gasteiger charge is 2.20. The Hall–Kier alpha value is -3.38. The second-order valence-corrected chi connectivity index (χ2v) is 7.09. The van der Waals surface area contributed by atoms with Gasteiger partial charge in [0.25, 0.3) is 0 Å². The van der Waals surface area contributed by atoms with Gasteiger partial charge >= 0.3 is 0 Å². The van der Waals surface area contributed by atoms with Gasteiger partial charge in [-0.2, -0.15) is 15.3 Å². The molecule has 0 bridgehead atoms. The van der Waals surface area contributed by atoms with Crippen molar-refractivity contribution in [2.24, 2.45) is 0 Å². The highest BCUT2D eigenvalue weighted by molar-refractivity contribution is 5.82. The van der Waals surface area contributed by atoms with Crippen LogP contribution in [0.5, 0.6) is 0 Å². The number of halogens is 1. The van der Waals surface area contributed by atoms with E-state index in [1.807, 2.05) is 28.9 Å². The van der Waals surface area contributed by atoms with E-state index < -0.39 is 0 Å². The van der Waals surface area contributed by atoms with Crippen LogP contribution in [-0.2, 0) is 19.4 Å². The van der Waals surface area contributed by atoms with Crippen LogP contribution >= 0.6 is 0 Å². The zero-order valence-corrected chi connectivity index (χ0v) is 16.6. The molecule has 2 aromatic heterocycles. The summed E-state index contributed by atoms with van der Waals surface area (Å²) in [5.41, 5.74) is 5.76. The fourth-order valence-corrected chi connectivity index (χ4v) is 3.69. The maximum absolute atomic E-state index is 13.5. The van der Waals surface area contributed by atoms with Crippen molar-refractivity contribution in [2.75, 3.05) is 6.61 Å². The Morgan fingerprint density at radius 3 is 2.37 bits per heavy atom. The average Bonchev–Trinajstić information content (AvgIpc) is 3.14. The van der Waals surface area contributed by atoms with Gasteiger partial charge in [0.15, 0.2) is 0 Å². The first-order chi connectivity index (χ1) is 14.8. The van der Waals surface area contributed by atoms with Gasteiger partial charge in [0.2, 0.25) is 0 Å². The van der Waals surface area contributed by atoms with Crippen molar-refractivity contribution in [1.82, 2.24) is 20.0 Å². The molecule has 0 aliphatic heterocycles. The van der Waals surface area contributed by atoms with Gasteiger partial charge in [0.05, 0.1) is 25.5 Å². The van der Waals surface area contributed by atoms with E-state index in [2.05, 4.69) is 22.3 Å². The maximum atomic E-state index is 13.5. The Balaban J connectivity index is 1.75. The average molecular weight is 402 g/mol. The summed E-state index contributed by atoms with van der Waals surface area (Å²) in [5.74, 6) is -0.288. The van der Waals surface area contributed by atoms with Crippen molar-refractivity contribution < 1.29 is 9.50 Å². The summed E-state index contributed by atoms with van der Waals surface area (Å²) in [6.07, 6.45) is 6.05. The number of hydrogen-bond acceptors (Lipinski definition) is 4. The van der Waals surface area contributed by atoms with Crippen molar-refractivity contribution in [3.8, 4) is 22.4 Å². The van der Waals surface area contributed by atoms with Gasteiger partial charge in [-0.25, -0.2) is 4.39 Å². The van der Waals surface area contributed by atoms with Gasteiger partial charge in [-0.15, -0.1) is 0 Å². The van der Waals surface area contributed by atoms with Crippen molar-refractivity contribution >= 4 is 0 Å². The lowest BCUT2D eigenvalue weighted by molar-refractivity contribution is 0.267.